The maximum atomic E-state index is 12.3. The Morgan fingerprint density at radius 3 is 1.40 bits per heavy atom. The molecule has 2 atom stereocenters. The van der Waals surface area contributed by atoms with Crippen molar-refractivity contribution in [2.24, 2.45) is 11.8 Å². The van der Waals surface area contributed by atoms with E-state index in [1.165, 1.54) is 12.8 Å². The maximum Gasteiger partial charge on any atom is 0.407 e. The first-order valence-electron chi connectivity index (χ1n) is 16.1. The first-order valence-corrected chi connectivity index (χ1v) is 16.1. The number of nitrogens with zero attached hydrogens (tertiary/aromatic N) is 2. The minimum Gasteiger partial charge on any atom is -0.448 e. The summed E-state index contributed by atoms with van der Waals surface area (Å²) < 4.78 is 10.6. The molecule has 0 aromatic carbocycles. The van der Waals surface area contributed by atoms with Crippen LogP contribution in [0.25, 0.3) is 0 Å². The number of carbonyl (C=O) groups is 4. The highest BCUT2D eigenvalue weighted by atomic mass is 16.6. The van der Waals surface area contributed by atoms with Crippen LogP contribution >= 0.6 is 0 Å². The van der Waals surface area contributed by atoms with Crippen LogP contribution in [0.4, 0.5) is 19.2 Å². The molecular weight excluding hydrogens is 540 g/mol. The Morgan fingerprint density at radius 2 is 1.00 bits per heavy atom. The molecule has 0 aromatic rings. The van der Waals surface area contributed by atoms with E-state index >= 15 is 0 Å². The molecule has 3 aliphatic carbocycles. The van der Waals surface area contributed by atoms with Crippen LogP contribution in [0.15, 0.2) is 0 Å². The largest absolute Gasteiger partial charge is 0.448 e. The van der Waals surface area contributed by atoms with Crippen molar-refractivity contribution in [1.82, 2.24) is 31.1 Å². The summed E-state index contributed by atoms with van der Waals surface area (Å²) in [5.41, 5.74) is 0. The normalized spacial score (nSPS) is 21.5. The Morgan fingerprint density at radius 1 is 0.595 bits per heavy atom. The van der Waals surface area contributed by atoms with E-state index in [4.69, 9.17) is 9.47 Å². The Kier molecular flexibility index (Phi) is 14.9. The molecule has 240 valence electrons. The smallest absolute Gasteiger partial charge is 0.407 e. The van der Waals surface area contributed by atoms with Crippen LogP contribution in [0, 0.1) is 11.8 Å². The molecule has 12 nitrogen and oxygen atoms in total. The molecule has 3 fully saturated rings. The van der Waals surface area contributed by atoms with Crippen LogP contribution in [0.1, 0.15) is 89.9 Å². The summed E-state index contributed by atoms with van der Waals surface area (Å²) in [6.45, 7) is 1.99. The second-order valence-corrected chi connectivity index (χ2v) is 12.3. The molecule has 0 spiro atoms. The number of likely N-dealkylation sites (N-methyl/N-ethyl adjacent to an activating group) is 2. The monoisotopic (exact) mass is 594 g/mol. The van der Waals surface area contributed by atoms with Gasteiger partial charge in [-0.2, -0.15) is 0 Å². The zero-order chi connectivity index (χ0) is 30.2. The van der Waals surface area contributed by atoms with Crippen LogP contribution in [-0.4, -0.2) is 99.6 Å². The van der Waals surface area contributed by atoms with Gasteiger partial charge in [-0.15, -0.1) is 0 Å². The fourth-order valence-electron chi connectivity index (χ4n) is 6.15. The van der Waals surface area contributed by atoms with Gasteiger partial charge in [-0.1, -0.05) is 44.9 Å². The van der Waals surface area contributed by atoms with Gasteiger partial charge in [0.1, 0.15) is 13.2 Å². The van der Waals surface area contributed by atoms with E-state index < -0.39 is 12.2 Å². The molecule has 12 heteroatoms. The lowest BCUT2D eigenvalue weighted by molar-refractivity contribution is 0.127. The molecule has 0 bridgehead atoms. The highest BCUT2D eigenvalue weighted by Crippen LogP contribution is 2.28. The predicted octanol–water partition coefficient (Wildman–Crippen LogP) is 4.19. The zero-order valence-electron chi connectivity index (χ0n) is 25.8. The van der Waals surface area contributed by atoms with E-state index in [1.54, 1.807) is 23.9 Å². The van der Waals surface area contributed by atoms with Gasteiger partial charge in [0.25, 0.3) is 0 Å². The highest BCUT2D eigenvalue weighted by molar-refractivity contribution is 5.74. The number of hydrogen-bond acceptors (Lipinski definition) is 6. The van der Waals surface area contributed by atoms with Gasteiger partial charge < -0.3 is 40.5 Å². The maximum absolute atomic E-state index is 12.3. The van der Waals surface area contributed by atoms with Crippen molar-refractivity contribution in [3.05, 3.63) is 0 Å². The number of alkyl carbamates (subject to hydrolysis) is 2. The second-order valence-electron chi connectivity index (χ2n) is 12.3. The zero-order valence-corrected chi connectivity index (χ0v) is 25.8. The Bertz CT molecular complexity index is 782. The molecule has 0 radical (unpaired) electrons. The first-order chi connectivity index (χ1) is 20.3. The van der Waals surface area contributed by atoms with Crippen molar-refractivity contribution in [2.45, 2.75) is 102 Å². The molecule has 0 aromatic heterocycles. The molecule has 0 heterocycles. The average molecular weight is 595 g/mol. The molecule has 6 amide bonds. The summed E-state index contributed by atoms with van der Waals surface area (Å²) in [6.07, 6.45) is 14.2. The number of nitrogens with one attached hydrogen (secondary N) is 4. The lowest BCUT2D eigenvalue weighted by atomic mass is 9.81. The average Bonchev–Trinajstić information content (AvgIpc) is 3.00. The van der Waals surface area contributed by atoms with Crippen molar-refractivity contribution in [3.8, 4) is 0 Å². The van der Waals surface area contributed by atoms with Gasteiger partial charge in [-0.3, -0.25) is 0 Å². The fraction of sp³-hybridized carbons (Fsp3) is 0.867. The molecule has 2 unspecified atom stereocenters. The van der Waals surface area contributed by atoms with E-state index in [2.05, 4.69) is 21.3 Å². The summed E-state index contributed by atoms with van der Waals surface area (Å²) >= 11 is 0. The van der Waals surface area contributed by atoms with Crippen molar-refractivity contribution < 1.29 is 28.7 Å². The van der Waals surface area contributed by atoms with Gasteiger partial charge in [0.2, 0.25) is 0 Å². The lowest BCUT2D eigenvalue weighted by Gasteiger charge is -2.29. The van der Waals surface area contributed by atoms with Gasteiger partial charge in [0, 0.05) is 39.3 Å². The number of carbonyl (C=O) groups excluding carboxylic acids is 4. The molecule has 3 saturated carbocycles. The minimum atomic E-state index is -0.475. The van der Waals surface area contributed by atoms with Gasteiger partial charge >= 0.3 is 24.2 Å². The summed E-state index contributed by atoms with van der Waals surface area (Å²) in [5.74, 6) is 0.629. The number of urea groups is 2. The van der Waals surface area contributed by atoms with Crippen molar-refractivity contribution in [1.29, 1.82) is 0 Å². The summed E-state index contributed by atoms with van der Waals surface area (Å²) in [4.78, 5) is 52.1. The van der Waals surface area contributed by atoms with Crippen molar-refractivity contribution in [2.75, 3.05) is 53.5 Å². The molecule has 42 heavy (non-hydrogen) atoms. The third-order valence-electron chi connectivity index (χ3n) is 8.84. The lowest BCUT2D eigenvalue weighted by Crippen LogP contribution is -2.45. The van der Waals surface area contributed by atoms with Crippen LogP contribution in [-0.2, 0) is 9.47 Å². The van der Waals surface area contributed by atoms with Crippen LogP contribution in [0.5, 0.6) is 0 Å². The Balaban J connectivity index is 1.20. The number of rotatable bonds is 12. The Hall–Kier alpha value is -2.92. The standard InChI is InChI=1S/C30H54N6O6/c1-35(27(37)33-25-12-5-3-6-13-25)16-18-41-29(39)31-21-23-10-9-11-24(20-23)22-32-30(40)42-19-17-36(2)28(38)34-26-14-7-4-8-15-26/h23-26H,3-22H2,1-2H3,(H,31,39)(H,32,40)(H,33,37)(H,34,38). The van der Waals surface area contributed by atoms with Crippen molar-refractivity contribution >= 4 is 24.2 Å². The molecule has 4 N–H and O–H groups in total. The summed E-state index contributed by atoms with van der Waals surface area (Å²) in [5, 5.41) is 11.8. The number of amides is 6. The second kappa shape index (κ2) is 18.6. The third-order valence-corrected chi connectivity index (χ3v) is 8.84. The van der Waals surface area contributed by atoms with E-state index in [0.717, 1.165) is 77.0 Å². The van der Waals surface area contributed by atoms with Crippen molar-refractivity contribution in [3.63, 3.8) is 0 Å². The van der Waals surface area contributed by atoms with Gasteiger partial charge in [0.15, 0.2) is 0 Å². The summed E-state index contributed by atoms with van der Waals surface area (Å²) in [7, 11) is 3.42. The van der Waals surface area contributed by atoms with E-state index in [0.29, 0.717) is 38.0 Å². The summed E-state index contributed by atoms with van der Waals surface area (Å²) in [6, 6.07) is 0.244. The van der Waals surface area contributed by atoms with E-state index in [-0.39, 0.29) is 37.4 Å². The third kappa shape index (κ3) is 12.9. The molecule has 3 rings (SSSR count). The molecular formula is C30H54N6O6. The molecule has 3 aliphatic rings. The fourth-order valence-corrected chi connectivity index (χ4v) is 6.15. The molecule has 0 aliphatic heterocycles. The van der Waals surface area contributed by atoms with E-state index in [9.17, 15) is 19.2 Å². The van der Waals surface area contributed by atoms with Crippen LogP contribution in [0.2, 0.25) is 0 Å². The first kappa shape index (κ1) is 33.6. The highest BCUT2D eigenvalue weighted by Gasteiger charge is 2.24. The minimum absolute atomic E-state index is 0.124. The van der Waals surface area contributed by atoms with Crippen LogP contribution in [0.3, 0.4) is 0 Å². The Labute approximate surface area is 251 Å². The topological polar surface area (TPSA) is 141 Å². The SMILES string of the molecule is CN(CCOC(=O)NCC1CCCC(CNC(=O)OCCN(C)C(=O)NC2CCCCC2)C1)C(=O)NC1CCCCC1. The van der Waals surface area contributed by atoms with Gasteiger partial charge in [0.05, 0.1) is 13.1 Å². The predicted molar refractivity (Wildman–Crippen MR) is 160 cm³/mol. The van der Waals surface area contributed by atoms with Crippen LogP contribution < -0.4 is 21.3 Å². The van der Waals surface area contributed by atoms with E-state index in [1.807, 2.05) is 0 Å². The van der Waals surface area contributed by atoms with Gasteiger partial charge in [-0.25, -0.2) is 19.2 Å². The number of hydrogen-bond donors (Lipinski definition) is 4. The quantitative estimate of drug-likeness (QED) is 0.267. The number of ether oxygens (including phenoxy) is 2. The van der Waals surface area contributed by atoms with Gasteiger partial charge in [-0.05, 0) is 56.8 Å². The molecule has 0 saturated heterocycles.